The molecule has 0 spiro atoms. The minimum Gasteiger partial charge on any atom is -0.309 e. The average molecular weight is 175 g/mol. The summed E-state index contributed by atoms with van der Waals surface area (Å²) in [6, 6.07) is 8.16. The third-order valence-electron chi connectivity index (χ3n) is 2.61. The van der Waals surface area contributed by atoms with Crippen LogP contribution in [-0.2, 0) is 11.2 Å². The molecule has 1 aromatic carbocycles. The summed E-state index contributed by atoms with van der Waals surface area (Å²) >= 11 is 0. The van der Waals surface area contributed by atoms with Crippen molar-refractivity contribution in [3.05, 3.63) is 29.8 Å². The molecule has 2 heterocycles. The SMILES string of the molecule is CC1(C)Cc2ccc(cc2)N1C=O. The zero-order valence-electron chi connectivity index (χ0n) is 7.95. The summed E-state index contributed by atoms with van der Waals surface area (Å²) in [5.74, 6) is 0. The molecule has 3 rings (SSSR count). The molecule has 68 valence electrons. The number of rotatable bonds is 1. The molecule has 2 aliphatic heterocycles. The highest BCUT2D eigenvalue weighted by Crippen LogP contribution is 2.30. The van der Waals surface area contributed by atoms with Gasteiger partial charge in [-0.1, -0.05) is 12.1 Å². The Kier molecular flexibility index (Phi) is 1.65. The Bertz CT molecular complexity index is 326. The molecule has 1 amide bonds. The van der Waals surface area contributed by atoms with Crippen molar-refractivity contribution in [3.8, 4) is 0 Å². The largest absolute Gasteiger partial charge is 0.309 e. The van der Waals surface area contributed by atoms with E-state index in [1.54, 1.807) is 4.90 Å². The van der Waals surface area contributed by atoms with Crippen LogP contribution in [0.4, 0.5) is 5.69 Å². The Morgan fingerprint density at radius 1 is 1.31 bits per heavy atom. The molecule has 0 aromatic heterocycles. The van der Waals surface area contributed by atoms with Crippen molar-refractivity contribution < 1.29 is 4.79 Å². The second-order valence-electron chi connectivity index (χ2n) is 4.13. The van der Waals surface area contributed by atoms with Crippen molar-refractivity contribution in [1.29, 1.82) is 0 Å². The minimum absolute atomic E-state index is 0.0978. The Morgan fingerprint density at radius 3 is 2.46 bits per heavy atom. The summed E-state index contributed by atoms with van der Waals surface area (Å²) in [5, 5.41) is 0. The third kappa shape index (κ3) is 1.22. The van der Waals surface area contributed by atoms with Gasteiger partial charge in [0.1, 0.15) is 0 Å². The Morgan fingerprint density at radius 2 is 1.92 bits per heavy atom. The lowest BCUT2D eigenvalue weighted by molar-refractivity contribution is -0.108. The van der Waals surface area contributed by atoms with E-state index in [0.29, 0.717) is 0 Å². The predicted molar refractivity (Wildman–Crippen MR) is 52.8 cm³/mol. The van der Waals surface area contributed by atoms with Gasteiger partial charge in [-0.15, -0.1) is 0 Å². The van der Waals surface area contributed by atoms with Crippen molar-refractivity contribution in [2.45, 2.75) is 25.8 Å². The summed E-state index contributed by atoms with van der Waals surface area (Å²) < 4.78 is 0. The Balaban J connectivity index is 2.53. The van der Waals surface area contributed by atoms with Crippen molar-refractivity contribution in [1.82, 2.24) is 0 Å². The van der Waals surface area contributed by atoms with Crippen molar-refractivity contribution >= 4 is 12.1 Å². The van der Waals surface area contributed by atoms with Gasteiger partial charge in [-0.2, -0.15) is 0 Å². The van der Waals surface area contributed by atoms with Gasteiger partial charge in [0, 0.05) is 11.2 Å². The average Bonchev–Trinajstić information content (AvgIpc) is 2.26. The molecular weight excluding hydrogens is 162 g/mol. The molecule has 2 nitrogen and oxygen atoms in total. The van der Waals surface area contributed by atoms with Gasteiger partial charge in [-0.25, -0.2) is 0 Å². The van der Waals surface area contributed by atoms with Crippen molar-refractivity contribution in [3.63, 3.8) is 0 Å². The first-order valence-corrected chi connectivity index (χ1v) is 4.47. The number of fused-ring (bicyclic) bond motifs is 4. The van der Waals surface area contributed by atoms with E-state index in [2.05, 4.69) is 26.0 Å². The van der Waals surface area contributed by atoms with Crippen LogP contribution in [0.2, 0.25) is 0 Å². The molecule has 2 bridgehead atoms. The molecule has 0 radical (unpaired) electrons. The number of nitrogens with zero attached hydrogens (tertiary/aromatic N) is 1. The van der Waals surface area contributed by atoms with Crippen LogP contribution in [-0.4, -0.2) is 11.9 Å². The molecule has 0 unspecified atom stereocenters. The van der Waals surface area contributed by atoms with Crippen LogP contribution < -0.4 is 4.90 Å². The van der Waals surface area contributed by atoms with Gasteiger partial charge in [-0.3, -0.25) is 4.79 Å². The highest BCUT2D eigenvalue weighted by atomic mass is 16.1. The quantitative estimate of drug-likeness (QED) is 0.598. The molecule has 2 heteroatoms. The fourth-order valence-electron chi connectivity index (χ4n) is 1.91. The summed E-state index contributed by atoms with van der Waals surface area (Å²) in [4.78, 5) is 12.7. The van der Waals surface area contributed by atoms with Crippen LogP contribution in [0.15, 0.2) is 24.3 Å². The first kappa shape index (κ1) is 8.30. The highest BCUT2D eigenvalue weighted by Gasteiger charge is 2.29. The van der Waals surface area contributed by atoms with Gasteiger partial charge >= 0.3 is 0 Å². The summed E-state index contributed by atoms with van der Waals surface area (Å²) in [6.45, 7) is 4.17. The fourth-order valence-corrected chi connectivity index (χ4v) is 1.91. The molecule has 0 saturated carbocycles. The minimum atomic E-state index is -0.0978. The molecule has 2 aliphatic rings. The number of hydrogen-bond donors (Lipinski definition) is 0. The number of carbonyl (C=O) groups excluding carboxylic acids is 1. The molecule has 0 aliphatic carbocycles. The van der Waals surface area contributed by atoms with Crippen LogP contribution in [0.1, 0.15) is 19.4 Å². The van der Waals surface area contributed by atoms with Gasteiger partial charge in [0.25, 0.3) is 0 Å². The highest BCUT2D eigenvalue weighted by molar-refractivity contribution is 5.78. The van der Waals surface area contributed by atoms with Gasteiger partial charge in [-0.05, 0) is 38.0 Å². The first-order valence-electron chi connectivity index (χ1n) is 4.47. The number of carbonyl (C=O) groups is 1. The van der Waals surface area contributed by atoms with Gasteiger partial charge < -0.3 is 4.90 Å². The van der Waals surface area contributed by atoms with E-state index in [0.717, 1.165) is 18.5 Å². The van der Waals surface area contributed by atoms with Crippen molar-refractivity contribution in [2.75, 3.05) is 4.90 Å². The zero-order valence-corrected chi connectivity index (χ0v) is 7.95. The summed E-state index contributed by atoms with van der Waals surface area (Å²) in [6.07, 6.45) is 1.83. The van der Waals surface area contributed by atoms with Gasteiger partial charge in [0.15, 0.2) is 0 Å². The first-order chi connectivity index (χ1) is 6.13. The monoisotopic (exact) mass is 175 g/mol. The summed E-state index contributed by atoms with van der Waals surface area (Å²) in [7, 11) is 0. The number of amides is 1. The van der Waals surface area contributed by atoms with Crippen LogP contribution in [0.5, 0.6) is 0 Å². The molecule has 0 fully saturated rings. The van der Waals surface area contributed by atoms with Gasteiger partial charge in [0.2, 0.25) is 6.41 Å². The lowest BCUT2D eigenvalue weighted by Crippen LogP contribution is -2.43. The smallest absolute Gasteiger partial charge is 0.214 e. The van der Waals surface area contributed by atoms with E-state index in [9.17, 15) is 4.79 Å². The maximum Gasteiger partial charge on any atom is 0.214 e. The maximum atomic E-state index is 10.9. The third-order valence-corrected chi connectivity index (χ3v) is 2.61. The number of anilines is 1. The van der Waals surface area contributed by atoms with E-state index < -0.39 is 0 Å². The summed E-state index contributed by atoms with van der Waals surface area (Å²) in [5.41, 5.74) is 2.18. The lowest BCUT2D eigenvalue weighted by atomic mass is 9.96. The standard InChI is InChI=1S/C11H13NO/c1-11(2)7-9-3-5-10(6-4-9)12(11)8-13/h3-6,8H,7H2,1-2H3. The second-order valence-corrected chi connectivity index (χ2v) is 4.13. The number of hydrogen-bond acceptors (Lipinski definition) is 1. The molecule has 0 saturated heterocycles. The fraction of sp³-hybridized carbons (Fsp3) is 0.364. The van der Waals surface area contributed by atoms with E-state index in [4.69, 9.17) is 0 Å². The van der Waals surface area contributed by atoms with E-state index in [-0.39, 0.29) is 5.54 Å². The lowest BCUT2D eigenvalue weighted by Gasteiger charge is -2.33. The second kappa shape index (κ2) is 2.59. The van der Waals surface area contributed by atoms with Crippen LogP contribution in [0.3, 0.4) is 0 Å². The zero-order chi connectivity index (χ0) is 9.47. The van der Waals surface area contributed by atoms with E-state index in [1.165, 1.54) is 5.56 Å². The number of benzene rings is 1. The molecule has 13 heavy (non-hydrogen) atoms. The van der Waals surface area contributed by atoms with E-state index in [1.807, 2.05) is 12.1 Å². The molecular formula is C11H13NO. The molecule has 1 aromatic rings. The molecule has 0 N–H and O–H groups in total. The predicted octanol–water partition coefficient (Wildman–Crippen LogP) is 1.98. The van der Waals surface area contributed by atoms with Crippen LogP contribution in [0.25, 0.3) is 0 Å². The van der Waals surface area contributed by atoms with E-state index >= 15 is 0 Å². The van der Waals surface area contributed by atoms with Crippen LogP contribution >= 0.6 is 0 Å². The maximum absolute atomic E-state index is 10.9. The Labute approximate surface area is 78.2 Å². The normalized spacial score (nSPS) is 18.5. The van der Waals surface area contributed by atoms with Gasteiger partial charge in [0.05, 0.1) is 0 Å². The molecule has 0 atom stereocenters. The van der Waals surface area contributed by atoms with Crippen LogP contribution in [0, 0.1) is 0 Å². The van der Waals surface area contributed by atoms with Crippen molar-refractivity contribution in [2.24, 2.45) is 0 Å². The topological polar surface area (TPSA) is 20.3 Å². The Hall–Kier alpha value is -1.31.